The molecule has 0 saturated heterocycles. The molecule has 2 N–H and O–H groups in total. The minimum Gasteiger partial charge on any atom is -0.320 e. The lowest BCUT2D eigenvalue weighted by molar-refractivity contribution is 0.311. The summed E-state index contributed by atoms with van der Waals surface area (Å²) in [6.45, 7) is 6.76. The van der Waals surface area contributed by atoms with Crippen molar-refractivity contribution in [2.75, 3.05) is 20.1 Å². The van der Waals surface area contributed by atoms with Gasteiger partial charge in [-0.15, -0.1) is 0 Å². The molecule has 0 aromatic heterocycles. The summed E-state index contributed by atoms with van der Waals surface area (Å²) in [6, 6.07) is 6.55. The molecule has 0 unspecified atom stereocenters. The predicted octanol–water partition coefficient (Wildman–Crippen LogP) is 1.66. The van der Waals surface area contributed by atoms with E-state index in [2.05, 4.69) is 11.8 Å². The van der Waals surface area contributed by atoms with Gasteiger partial charge in [-0.2, -0.15) is 0 Å². The second-order valence-electron chi connectivity index (χ2n) is 5.85. The lowest BCUT2D eigenvalue weighted by Crippen LogP contribution is -2.34. The van der Waals surface area contributed by atoms with E-state index in [1.165, 1.54) is 4.31 Å². The second-order valence-corrected chi connectivity index (χ2v) is 7.90. The van der Waals surface area contributed by atoms with E-state index >= 15 is 0 Å². The lowest BCUT2D eigenvalue weighted by atomic mass is 9.97. The SMILES string of the molecule is CN(CC(C)(C)C)S(=O)(=O)c1ccc(C#CCN)cc1. The maximum absolute atomic E-state index is 12.4. The van der Waals surface area contributed by atoms with Crippen molar-refractivity contribution in [3.8, 4) is 11.8 Å². The smallest absolute Gasteiger partial charge is 0.242 e. The van der Waals surface area contributed by atoms with Gasteiger partial charge in [0.2, 0.25) is 10.0 Å². The van der Waals surface area contributed by atoms with Crippen LogP contribution in [0.25, 0.3) is 0 Å². The normalized spacial score (nSPS) is 12.1. The van der Waals surface area contributed by atoms with Gasteiger partial charge in [-0.3, -0.25) is 0 Å². The van der Waals surface area contributed by atoms with Crippen LogP contribution in [-0.4, -0.2) is 32.9 Å². The van der Waals surface area contributed by atoms with Crippen LogP contribution in [0, 0.1) is 17.3 Å². The van der Waals surface area contributed by atoms with Crippen molar-refractivity contribution in [1.29, 1.82) is 0 Å². The largest absolute Gasteiger partial charge is 0.320 e. The molecule has 0 aliphatic rings. The summed E-state index contributed by atoms with van der Waals surface area (Å²) in [7, 11) is -1.85. The van der Waals surface area contributed by atoms with Crippen molar-refractivity contribution < 1.29 is 8.42 Å². The van der Waals surface area contributed by atoms with E-state index in [1.807, 2.05) is 20.8 Å². The van der Waals surface area contributed by atoms with Crippen molar-refractivity contribution >= 4 is 10.0 Å². The van der Waals surface area contributed by atoms with Gasteiger partial charge in [0.1, 0.15) is 0 Å². The van der Waals surface area contributed by atoms with Gasteiger partial charge in [-0.25, -0.2) is 12.7 Å². The molecule has 0 bridgehead atoms. The summed E-state index contributed by atoms with van der Waals surface area (Å²) in [5, 5.41) is 0. The fourth-order valence-corrected chi connectivity index (χ4v) is 3.19. The molecule has 0 amide bonds. The van der Waals surface area contributed by atoms with Crippen LogP contribution < -0.4 is 5.73 Å². The zero-order valence-corrected chi connectivity index (χ0v) is 13.3. The zero-order chi connectivity index (χ0) is 15.4. The molecule has 0 saturated carbocycles. The monoisotopic (exact) mass is 294 g/mol. The van der Waals surface area contributed by atoms with Crippen molar-refractivity contribution in [3.63, 3.8) is 0 Å². The summed E-state index contributed by atoms with van der Waals surface area (Å²) in [5.74, 6) is 5.60. The first-order valence-corrected chi connectivity index (χ1v) is 7.86. The Morgan fingerprint density at radius 2 is 1.75 bits per heavy atom. The van der Waals surface area contributed by atoms with E-state index in [1.54, 1.807) is 31.3 Å². The Bertz CT molecular complexity index is 602. The molecule has 0 spiro atoms. The molecule has 110 valence electrons. The standard InChI is InChI=1S/C15H22N2O2S/c1-15(2,3)12-17(4)20(18,19)14-9-7-13(8-10-14)6-5-11-16/h7-10H,11-12,16H2,1-4H3. The highest BCUT2D eigenvalue weighted by atomic mass is 32.2. The van der Waals surface area contributed by atoms with Crippen LogP contribution in [0.2, 0.25) is 0 Å². The van der Waals surface area contributed by atoms with Gasteiger partial charge in [0.05, 0.1) is 11.4 Å². The average molecular weight is 294 g/mol. The highest BCUT2D eigenvalue weighted by Crippen LogP contribution is 2.20. The third kappa shape index (κ3) is 4.64. The molecule has 20 heavy (non-hydrogen) atoms. The van der Waals surface area contributed by atoms with Crippen LogP contribution in [0.4, 0.5) is 0 Å². The molecule has 1 aromatic carbocycles. The minimum atomic E-state index is -3.45. The zero-order valence-electron chi connectivity index (χ0n) is 12.5. The Balaban J connectivity index is 2.98. The van der Waals surface area contributed by atoms with Crippen LogP contribution in [0.3, 0.4) is 0 Å². The summed E-state index contributed by atoms with van der Waals surface area (Å²) in [5.41, 5.74) is 5.97. The molecular formula is C15H22N2O2S. The van der Waals surface area contributed by atoms with E-state index in [4.69, 9.17) is 5.73 Å². The maximum atomic E-state index is 12.4. The number of sulfonamides is 1. The Hall–Kier alpha value is -1.35. The fraction of sp³-hybridized carbons (Fsp3) is 0.467. The molecule has 0 aliphatic carbocycles. The van der Waals surface area contributed by atoms with Crippen LogP contribution in [-0.2, 0) is 10.0 Å². The molecule has 0 atom stereocenters. The summed E-state index contributed by atoms with van der Waals surface area (Å²) in [6.07, 6.45) is 0. The second kappa shape index (κ2) is 6.40. The third-order valence-corrected chi connectivity index (χ3v) is 4.41. The topological polar surface area (TPSA) is 63.4 Å². The van der Waals surface area contributed by atoms with E-state index in [-0.39, 0.29) is 16.9 Å². The minimum absolute atomic E-state index is 0.0889. The van der Waals surface area contributed by atoms with Gasteiger partial charge in [-0.1, -0.05) is 32.6 Å². The number of nitrogens with two attached hydrogens (primary N) is 1. The first-order valence-electron chi connectivity index (χ1n) is 6.42. The summed E-state index contributed by atoms with van der Waals surface area (Å²) in [4.78, 5) is 0.280. The Labute approximate surface area is 122 Å². The van der Waals surface area contributed by atoms with E-state index in [9.17, 15) is 8.42 Å². The molecule has 0 radical (unpaired) electrons. The van der Waals surface area contributed by atoms with Crippen LogP contribution in [0.15, 0.2) is 29.2 Å². The average Bonchev–Trinajstić information content (AvgIpc) is 2.34. The van der Waals surface area contributed by atoms with Crippen LogP contribution in [0.1, 0.15) is 26.3 Å². The number of benzene rings is 1. The van der Waals surface area contributed by atoms with E-state index in [0.29, 0.717) is 6.54 Å². The van der Waals surface area contributed by atoms with Crippen LogP contribution in [0.5, 0.6) is 0 Å². The highest BCUT2D eigenvalue weighted by Gasteiger charge is 2.24. The molecule has 0 aliphatic heterocycles. The number of hydrogen-bond donors (Lipinski definition) is 1. The van der Waals surface area contributed by atoms with Crippen LogP contribution >= 0.6 is 0 Å². The van der Waals surface area contributed by atoms with E-state index in [0.717, 1.165) is 5.56 Å². The quantitative estimate of drug-likeness (QED) is 0.862. The summed E-state index contributed by atoms with van der Waals surface area (Å²) < 4.78 is 26.2. The lowest BCUT2D eigenvalue weighted by Gasteiger charge is -2.26. The van der Waals surface area contributed by atoms with Gasteiger partial charge in [-0.05, 0) is 29.7 Å². The van der Waals surface area contributed by atoms with Gasteiger partial charge < -0.3 is 5.73 Å². The third-order valence-electron chi connectivity index (χ3n) is 2.59. The van der Waals surface area contributed by atoms with Gasteiger partial charge in [0.15, 0.2) is 0 Å². The first kappa shape index (κ1) is 16.7. The Morgan fingerprint density at radius 3 is 2.20 bits per heavy atom. The Kier molecular flexibility index (Phi) is 5.35. The molecule has 1 aromatic rings. The maximum Gasteiger partial charge on any atom is 0.242 e. The van der Waals surface area contributed by atoms with Crippen molar-refractivity contribution in [2.24, 2.45) is 11.1 Å². The van der Waals surface area contributed by atoms with Crippen molar-refractivity contribution in [3.05, 3.63) is 29.8 Å². The van der Waals surface area contributed by atoms with Gasteiger partial charge in [0, 0.05) is 19.2 Å². The highest BCUT2D eigenvalue weighted by molar-refractivity contribution is 7.89. The predicted molar refractivity (Wildman–Crippen MR) is 81.6 cm³/mol. The molecule has 0 heterocycles. The molecule has 5 heteroatoms. The molecule has 1 rings (SSSR count). The fourth-order valence-electron chi connectivity index (χ4n) is 1.80. The van der Waals surface area contributed by atoms with Gasteiger partial charge >= 0.3 is 0 Å². The van der Waals surface area contributed by atoms with Crippen molar-refractivity contribution in [2.45, 2.75) is 25.7 Å². The molecular weight excluding hydrogens is 272 g/mol. The summed E-state index contributed by atoms with van der Waals surface area (Å²) >= 11 is 0. The van der Waals surface area contributed by atoms with E-state index < -0.39 is 10.0 Å². The molecule has 4 nitrogen and oxygen atoms in total. The molecule has 0 fully saturated rings. The van der Waals surface area contributed by atoms with Crippen molar-refractivity contribution in [1.82, 2.24) is 4.31 Å². The Morgan fingerprint density at radius 1 is 1.20 bits per heavy atom. The van der Waals surface area contributed by atoms with Gasteiger partial charge in [0.25, 0.3) is 0 Å². The first-order chi connectivity index (χ1) is 9.16. The number of rotatable bonds is 3. The number of hydrogen-bond acceptors (Lipinski definition) is 3. The number of nitrogens with zero attached hydrogens (tertiary/aromatic N) is 1.